The fraction of sp³-hybridized carbons (Fsp3) is 0.423. The lowest BCUT2D eigenvalue weighted by atomic mass is 10.1. The third kappa shape index (κ3) is 9.37. The Morgan fingerprint density at radius 1 is 0.744 bits per heavy atom. The zero-order valence-corrected chi connectivity index (χ0v) is 23.7. The van der Waals surface area contributed by atoms with Gasteiger partial charge in [0.25, 0.3) is 0 Å². The molecule has 226 valence electrons. The number of piperidine rings is 2. The molecule has 0 unspecified atom stereocenters. The van der Waals surface area contributed by atoms with E-state index in [2.05, 4.69) is 15.1 Å². The van der Waals surface area contributed by atoms with Gasteiger partial charge in [0.15, 0.2) is 0 Å². The maximum absolute atomic E-state index is 6.18. The van der Waals surface area contributed by atoms with E-state index in [1.54, 1.807) is 0 Å². The normalized spacial score (nSPS) is 14.3. The van der Waals surface area contributed by atoms with Crippen molar-refractivity contribution in [1.82, 2.24) is 39.6 Å². The molecule has 2 aromatic carbocycles. The van der Waals surface area contributed by atoms with E-state index in [0.29, 0.717) is 24.0 Å². The number of nitrogen functional groups attached to an aromatic ring is 1. The summed E-state index contributed by atoms with van der Waals surface area (Å²) in [5.41, 5.74) is 8.70. The van der Waals surface area contributed by atoms with Crippen LogP contribution in [0.2, 0.25) is 0 Å². The highest BCUT2D eigenvalue weighted by Gasteiger charge is 2.20. The van der Waals surface area contributed by atoms with E-state index in [-0.39, 0.29) is 42.7 Å². The number of benzene rings is 2. The molecule has 2 fully saturated rings. The number of hydrogen-bond donors (Lipinski definition) is 6. The van der Waals surface area contributed by atoms with Crippen LogP contribution in [0.25, 0.3) is 0 Å². The van der Waals surface area contributed by atoms with Crippen LogP contribution in [0.3, 0.4) is 0 Å². The molecule has 0 bridgehead atoms. The van der Waals surface area contributed by atoms with Crippen LogP contribution in [-0.4, -0.2) is 41.1 Å². The second-order valence-electron chi connectivity index (χ2n) is 9.01. The summed E-state index contributed by atoms with van der Waals surface area (Å²) in [4.78, 5) is 19.0. The standard InChI is InChI=1S/C26H33N7O.ClH.4H3N.4H2/c27-22-13-12-21(18-23(22)34-19-20-10-4-1-5-11-20)28-24-29-25(32-14-6-2-7-15-32)31-26(30-24)33-16-8-3-9-17-33;;;;;;;;;/h1,4-5,10-13,18H,2-3,6-9,14-17,19,27H2,(H,28,29,30,31);1H;4*1H3;4*1H. The Balaban J connectivity index is -0.000000535. The van der Waals surface area contributed by atoms with Crippen molar-refractivity contribution in [1.29, 1.82) is 0 Å². The number of halogens is 1. The molecular formula is C26H54ClN11O. The second-order valence-corrected chi connectivity index (χ2v) is 9.01. The van der Waals surface area contributed by atoms with Crippen molar-refractivity contribution in [3.8, 4) is 5.75 Å². The number of nitrogens with two attached hydrogens (primary N) is 1. The van der Waals surface area contributed by atoms with Crippen molar-refractivity contribution in [2.24, 2.45) is 0 Å². The summed E-state index contributed by atoms with van der Waals surface area (Å²) in [6, 6.07) is 15.7. The number of rotatable bonds is 7. The Kier molecular flexibility index (Phi) is 15.7. The molecule has 39 heavy (non-hydrogen) atoms. The molecule has 0 spiro atoms. The fourth-order valence-corrected chi connectivity index (χ4v) is 4.48. The Hall–Kier alpha value is -3.42. The first-order chi connectivity index (χ1) is 16.7. The Morgan fingerprint density at radius 3 is 1.82 bits per heavy atom. The molecule has 0 amide bonds. The van der Waals surface area contributed by atoms with Gasteiger partial charge in [0.2, 0.25) is 17.8 Å². The summed E-state index contributed by atoms with van der Waals surface area (Å²) >= 11 is 0. The highest BCUT2D eigenvalue weighted by molar-refractivity contribution is 5.85. The largest absolute Gasteiger partial charge is 0.487 e. The van der Waals surface area contributed by atoms with E-state index >= 15 is 0 Å². The van der Waals surface area contributed by atoms with Gasteiger partial charge >= 0.3 is 0 Å². The number of ether oxygens (including phenoxy) is 1. The third-order valence-corrected chi connectivity index (χ3v) is 6.40. The smallest absolute Gasteiger partial charge is 0.233 e. The van der Waals surface area contributed by atoms with Gasteiger partial charge in [-0.15, -0.1) is 12.4 Å². The van der Waals surface area contributed by atoms with Crippen molar-refractivity contribution in [2.75, 3.05) is 47.0 Å². The molecule has 1 aromatic heterocycles. The molecule has 0 radical (unpaired) electrons. The van der Waals surface area contributed by atoms with Crippen molar-refractivity contribution in [2.45, 2.75) is 45.1 Å². The van der Waals surface area contributed by atoms with Gasteiger partial charge in [-0.05, 0) is 56.2 Å². The maximum atomic E-state index is 6.18. The molecule has 2 aliphatic rings. The lowest BCUT2D eigenvalue weighted by Gasteiger charge is -2.30. The monoisotopic (exact) mass is 571 g/mol. The molecule has 5 rings (SSSR count). The lowest BCUT2D eigenvalue weighted by molar-refractivity contribution is 0.308. The van der Waals surface area contributed by atoms with Gasteiger partial charge in [-0.2, -0.15) is 15.0 Å². The van der Waals surface area contributed by atoms with Crippen LogP contribution in [-0.2, 0) is 6.61 Å². The number of nitrogens with one attached hydrogen (secondary N) is 1. The average Bonchev–Trinajstić information content (AvgIpc) is 2.90. The quantitative estimate of drug-likeness (QED) is 0.160. The zero-order chi connectivity index (χ0) is 23.2. The minimum absolute atomic E-state index is 0. The maximum Gasteiger partial charge on any atom is 0.233 e. The van der Waals surface area contributed by atoms with Gasteiger partial charge in [-0.3, -0.25) is 0 Å². The SMILES string of the molecule is Cl.N.N.N.N.Nc1ccc(Nc2nc(N3CCCCC3)nc(N3CCCCC3)n2)cc1OCc1ccccc1.[HH].[HH].[HH].[HH]. The first-order valence-electron chi connectivity index (χ1n) is 12.3. The summed E-state index contributed by atoms with van der Waals surface area (Å²) in [7, 11) is 0. The predicted molar refractivity (Wildman–Crippen MR) is 173 cm³/mol. The predicted octanol–water partition coefficient (Wildman–Crippen LogP) is 6.81. The van der Waals surface area contributed by atoms with Crippen molar-refractivity contribution in [3.63, 3.8) is 0 Å². The van der Waals surface area contributed by atoms with Gasteiger partial charge in [-0.1, -0.05) is 30.3 Å². The minimum atomic E-state index is 0. The van der Waals surface area contributed by atoms with Gasteiger partial charge in [-0.25, -0.2) is 0 Å². The Morgan fingerprint density at radius 2 is 1.28 bits per heavy atom. The molecular weight excluding hydrogens is 518 g/mol. The van der Waals surface area contributed by atoms with Crippen LogP contribution in [0, 0.1) is 0 Å². The lowest BCUT2D eigenvalue weighted by Crippen LogP contribution is -2.34. The van der Waals surface area contributed by atoms with Crippen LogP contribution in [0.4, 0.5) is 29.2 Å². The average molecular weight is 572 g/mol. The third-order valence-electron chi connectivity index (χ3n) is 6.40. The molecule has 0 atom stereocenters. The number of nitrogens with zero attached hydrogens (tertiary/aromatic N) is 5. The van der Waals surface area contributed by atoms with Crippen LogP contribution < -0.4 is 50.2 Å². The molecule has 2 saturated heterocycles. The molecule has 0 aliphatic carbocycles. The Labute approximate surface area is 243 Å². The van der Waals surface area contributed by atoms with Gasteiger partial charge in [0.1, 0.15) is 12.4 Å². The van der Waals surface area contributed by atoms with E-state index in [4.69, 9.17) is 25.4 Å². The molecule has 2 aliphatic heterocycles. The van der Waals surface area contributed by atoms with E-state index in [9.17, 15) is 0 Å². The van der Waals surface area contributed by atoms with E-state index in [0.717, 1.165) is 49.3 Å². The molecule has 12 nitrogen and oxygen atoms in total. The van der Waals surface area contributed by atoms with Gasteiger partial charge in [0, 0.05) is 43.6 Å². The molecule has 0 saturated carbocycles. The van der Waals surface area contributed by atoms with Gasteiger partial charge < -0.3 is 50.2 Å². The first-order valence-corrected chi connectivity index (χ1v) is 12.3. The zero-order valence-electron chi connectivity index (χ0n) is 22.9. The molecule has 15 N–H and O–H groups in total. The minimum Gasteiger partial charge on any atom is -0.487 e. The van der Waals surface area contributed by atoms with Crippen LogP contribution in [0.1, 0.15) is 49.8 Å². The van der Waals surface area contributed by atoms with Crippen molar-refractivity contribution >= 4 is 41.6 Å². The van der Waals surface area contributed by atoms with E-state index in [1.807, 2.05) is 48.5 Å². The molecule has 3 aromatic rings. The number of aromatic nitrogens is 3. The summed E-state index contributed by atoms with van der Waals surface area (Å²) < 4.78 is 6.00. The first kappa shape index (κ1) is 35.6. The van der Waals surface area contributed by atoms with E-state index < -0.39 is 0 Å². The molecule has 13 heteroatoms. The highest BCUT2D eigenvalue weighted by atomic mass is 35.5. The highest BCUT2D eigenvalue weighted by Crippen LogP contribution is 2.29. The Bertz CT molecular complexity index is 1080. The van der Waals surface area contributed by atoms with Crippen molar-refractivity contribution in [3.05, 3.63) is 54.1 Å². The second kappa shape index (κ2) is 17.2. The summed E-state index contributed by atoms with van der Waals surface area (Å²) in [5, 5.41) is 3.38. The van der Waals surface area contributed by atoms with Crippen molar-refractivity contribution < 1.29 is 10.4 Å². The van der Waals surface area contributed by atoms with E-state index in [1.165, 1.54) is 38.5 Å². The van der Waals surface area contributed by atoms with Crippen LogP contribution in [0.5, 0.6) is 5.75 Å². The summed E-state index contributed by atoms with van der Waals surface area (Å²) in [6.45, 7) is 4.41. The van der Waals surface area contributed by atoms with Gasteiger partial charge in [0.05, 0.1) is 5.69 Å². The topological polar surface area (TPSA) is 232 Å². The number of hydrogen-bond acceptors (Lipinski definition) is 12. The summed E-state index contributed by atoms with van der Waals surface area (Å²) in [6.07, 6.45) is 7.23. The molecule has 3 heterocycles. The fourth-order valence-electron chi connectivity index (χ4n) is 4.48. The number of anilines is 5. The van der Waals surface area contributed by atoms with Crippen LogP contribution >= 0.6 is 12.4 Å². The van der Waals surface area contributed by atoms with Crippen LogP contribution in [0.15, 0.2) is 48.5 Å². The summed E-state index contributed by atoms with van der Waals surface area (Å²) in [5.74, 6) is 2.70.